The molecule has 0 aliphatic rings. The second-order valence-electron chi connectivity index (χ2n) is 5.12. The fourth-order valence-electron chi connectivity index (χ4n) is 1.89. The smallest absolute Gasteiger partial charge is 0.244 e. The summed E-state index contributed by atoms with van der Waals surface area (Å²) in [6, 6.07) is 7.99. The number of aryl methyl sites for hydroxylation is 1. The van der Waals surface area contributed by atoms with Gasteiger partial charge in [-0.05, 0) is 30.9 Å². The van der Waals surface area contributed by atoms with Crippen LogP contribution >= 0.6 is 0 Å². The average Bonchev–Trinajstić information content (AvgIpc) is 2.36. The molecule has 1 unspecified atom stereocenters. The van der Waals surface area contributed by atoms with E-state index in [0.717, 1.165) is 5.56 Å². The molecule has 3 heteroatoms. The summed E-state index contributed by atoms with van der Waals surface area (Å²) in [7, 11) is 0. The topological polar surface area (TPSA) is 49.3 Å². The Morgan fingerprint density at radius 3 is 2.74 bits per heavy atom. The highest BCUT2D eigenvalue weighted by Gasteiger charge is 2.13. The minimum Gasteiger partial charge on any atom is -0.396 e. The number of aliphatic hydroxyl groups excluding tert-OH is 1. The summed E-state index contributed by atoms with van der Waals surface area (Å²) in [6.07, 6.45) is 3.93. The van der Waals surface area contributed by atoms with Gasteiger partial charge in [0.25, 0.3) is 0 Å². The molecule has 104 valence electrons. The lowest BCUT2D eigenvalue weighted by Gasteiger charge is -2.20. The molecule has 3 nitrogen and oxygen atoms in total. The first-order chi connectivity index (χ1) is 9.02. The Labute approximate surface area is 115 Å². The largest absolute Gasteiger partial charge is 0.396 e. The summed E-state index contributed by atoms with van der Waals surface area (Å²) < 4.78 is 0. The van der Waals surface area contributed by atoms with Gasteiger partial charge in [0.1, 0.15) is 0 Å². The Kier molecular flexibility index (Phi) is 6.30. The SMILES string of the molecule is Cc1cccc(/C=C/C(=O)NC(CCO)C(C)C)c1. The lowest BCUT2D eigenvalue weighted by atomic mass is 10.0. The molecular formula is C16H23NO2. The molecule has 0 aliphatic carbocycles. The van der Waals surface area contributed by atoms with Crippen LogP contribution in [0.4, 0.5) is 0 Å². The highest BCUT2D eigenvalue weighted by Crippen LogP contribution is 2.07. The zero-order chi connectivity index (χ0) is 14.3. The Morgan fingerprint density at radius 1 is 1.42 bits per heavy atom. The number of carbonyl (C=O) groups is 1. The van der Waals surface area contributed by atoms with Crippen LogP contribution < -0.4 is 5.32 Å². The van der Waals surface area contributed by atoms with Crippen LogP contribution in [0.5, 0.6) is 0 Å². The predicted molar refractivity (Wildman–Crippen MR) is 78.7 cm³/mol. The van der Waals surface area contributed by atoms with Crippen LogP contribution in [0.1, 0.15) is 31.4 Å². The fourth-order valence-corrected chi connectivity index (χ4v) is 1.89. The number of hydrogen-bond donors (Lipinski definition) is 2. The van der Waals surface area contributed by atoms with Crippen molar-refractivity contribution in [3.05, 3.63) is 41.5 Å². The van der Waals surface area contributed by atoms with Crippen LogP contribution in [0.2, 0.25) is 0 Å². The maximum absolute atomic E-state index is 11.8. The minimum atomic E-state index is -0.117. The van der Waals surface area contributed by atoms with Gasteiger partial charge < -0.3 is 10.4 Å². The maximum Gasteiger partial charge on any atom is 0.244 e. The Hall–Kier alpha value is -1.61. The van der Waals surface area contributed by atoms with Crippen LogP contribution in [0.25, 0.3) is 6.08 Å². The molecule has 19 heavy (non-hydrogen) atoms. The molecule has 1 rings (SSSR count). The van der Waals surface area contributed by atoms with Gasteiger partial charge in [-0.15, -0.1) is 0 Å². The van der Waals surface area contributed by atoms with Crippen LogP contribution in [0, 0.1) is 12.8 Å². The van der Waals surface area contributed by atoms with E-state index in [1.54, 1.807) is 12.2 Å². The molecule has 1 aromatic carbocycles. The van der Waals surface area contributed by atoms with Crippen molar-refractivity contribution < 1.29 is 9.90 Å². The van der Waals surface area contributed by atoms with Gasteiger partial charge in [-0.2, -0.15) is 0 Å². The first-order valence-electron chi connectivity index (χ1n) is 6.69. The lowest BCUT2D eigenvalue weighted by molar-refractivity contribution is -0.117. The minimum absolute atomic E-state index is 0.0136. The fraction of sp³-hybridized carbons (Fsp3) is 0.438. The monoisotopic (exact) mass is 261 g/mol. The molecular weight excluding hydrogens is 238 g/mol. The standard InChI is InChI=1S/C16H23NO2/c1-12(2)15(9-10-18)17-16(19)8-7-14-6-4-5-13(3)11-14/h4-8,11-12,15,18H,9-10H2,1-3H3,(H,17,19)/b8-7+. The Morgan fingerprint density at radius 2 is 2.16 bits per heavy atom. The van der Waals surface area contributed by atoms with Crippen molar-refractivity contribution in [2.75, 3.05) is 6.61 Å². The number of benzene rings is 1. The van der Waals surface area contributed by atoms with E-state index in [9.17, 15) is 4.79 Å². The van der Waals surface area contributed by atoms with Gasteiger partial charge in [0.2, 0.25) is 5.91 Å². The molecule has 0 saturated carbocycles. The number of hydrogen-bond acceptors (Lipinski definition) is 2. The van der Waals surface area contributed by atoms with Crippen LogP contribution in [-0.4, -0.2) is 23.7 Å². The second-order valence-corrected chi connectivity index (χ2v) is 5.12. The van der Waals surface area contributed by atoms with E-state index in [0.29, 0.717) is 12.3 Å². The quantitative estimate of drug-likeness (QED) is 0.773. The molecule has 0 heterocycles. The number of rotatable bonds is 6. The first kappa shape index (κ1) is 15.4. The molecule has 0 fully saturated rings. The van der Waals surface area contributed by atoms with Gasteiger partial charge in [0.15, 0.2) is 0 Å². The Bertz CT molecular complexity index is 438. The van der Waals surface area contributed by atoms with Crippen molar-refractivity contribution in [1.29, 1.82) is 0 Å². The highest BCUT2D eigenvalue weighted by atomic mass is 16.3. The number of carbonyl (C=O) groups excluding carboxylic acids is 1. The number of nitrogens with one attached hydrogen (secondary N) is 1. The van der Waals surface area contributed by atoms with Crippen LogP contribution in [0.3, 0.4) is 0 Å². The van der Waals surface area contributed by atoms with Gasteiger partial charge in [0.05, 0.1) is 0 Å². The van der Waals surface area contributed by atoms with Crippen molar-refractivity contribution in [3.8, 4) is 0 Å². The number of amides is 1. The van der Waals surface area contributed by atoms with Gasteiger partial charge >= 0.3 is 0 Å². The molecule has 0 aromatic heterocycles. The molecule has 1 atom stereocenters. The normalized spacial score (nSPS) is 12.9. The zero-order valence-electron chi connectivity index (χ0n) is 11.9. The molecule has 0 bridgehead atoms. The summed E-state index contributed by atoms with van der Waals surface area (Å²) in [5.74, 6) is 0.192. The summed E-state index contributed by atoms with van der Waals surface area (Å²) in [5, 5.41) is 11.9. The van der Waals surface area contributed by atoms with E-state index in [1.807, 2.05) is 45.0 Å². The molecule has 0 saturated heterocycles. The third-order valence-corrected chi connectivity index (χ3v) is 3.04. The molecule has 2 N–H and O–H groups in total. The van der Waals surface area contributed by atoms with E-state index in [2.05, 4.69) is 5.32 Å². The first-order valence-corrected chi connectivity index (χ1v) is 6.69. The van der Waals surface area contributed by atoms with Gasteiger partial charge in [-0.3, -0.25) is 4.79 Å². The molecule has 0 radical (unpaired) electrons. The maximum atomic E-state index is 11.8. The third-order valence-electron chi connectivity index (χ3n) is 3.04. The van der Waals surface area contributed by atoms with Crippen molar-refractivity contribution in [2.24, 2.45) is 5.92 Å². The van der Waals surface area contributed by atoms with E-state index >= 15 is 0 Å². The van der Waals surface area contributed by atoms with E-state index < -0.39 is 0 Å². The van der Waals surface area contributed by atoms with Crippen LogP contribution in [-0.2, 0) is 4.79 Å². The van der Waals surface area contributed by atoms with Gasteiger partial charge in [0, 0.05) is 18.7 Å². The molecule has 1 amide bonds. The molecule has 0 aliphatic heterocycles. The molecule has 0 spiro atoms. The Balaban J connectivity index is 2.59. The summed E-state index contributed by atoms with van der Waals surface area (Å²) in [6.45, 7) is 6.17. The summed E-state index contributed by atoms with van der Waals surface area (Å²) in [4.78, 5) is 11.8. The zero-order valence-corrected chi connectivity index (χ0v) is 11.9. The molecule has 1 aromatic rings. The third kappa shape index (κ3) is 5.71. The van der Waals surface area contributed by atoms with Gasteiger partial charge in [-0.25, -0.2) is 0 Å². The van der Waals surface area contributed by atoms with Crippen molar-refractivity contribution in [2.45, 2.75) is 33.2 Å². The lowest BCUT2D eigenvalue weighted by Crippen LogP contribution is -2.38. The van der Waals surface area contributed by atoms with E-state index in [1.165, 1.54) is 5.56 Å². The highest BCUT2D eigenvalue weighted by molar-refractivity contribution is 5.91. The summed E-state index contributed by atoms with van der Waals surface area (Å²) in [5.41, 5.74) is 2.18. The predicted octanol–water partition coefficient (Wildman–Crippen LogP) is 2.53. The van der Waals surface area contributed by atoms with E-state index in [4.69, 9.17) is 5.11 Å². The van der Waals surface area contributed by atoms with Crippen molar-refractivity contribution >= 4 is 12.0 Å². The van der Waals surface area contributed by atoms with Crippen molar-refractivity contribution in [1.82, 2.24) is 5.32 Å². The van der Waals surface area contributed by atoms with Crippen molar-refractivity contribution in [3.63, 3.8) is 0 Å². The summed E-state index contributed by atoms with van der Waals surface area (Å²) >= 11 is 0. The number of aliphatic hydroxyl groups is 1. The average molecular weight is 261 g/mol. The van der Waals surface area contributed by atoms with E-state index in [-0.39, 0.29) is 18.6 Å². The van der Waals surface area contributed by atoms with Gasteiger partial charge in [-0.1, -0.05) is 43.7 Å². The van der Waals surface area contributed by atoms with Crippen LogP contribution in [0.15, 0.2) is 30.3 Å². The second kappa shape index (κ2) is 7.74.